The molecule has 0 spiro atoms. The molecule has 0 fully saturated rings. The van der Waals surface area contributed by atoms with Crippen LogP contribution < -0.4 is 0 Å². The van der Waals surface area contributed by atoms with Crippen molar-refractivity contribution in [1.82, 2.24) is 4.98 Å². The van der Waals surface area contributed by atoms with Gasteiger partial charge in [0.2, 0.25) is 0 Å². The van der Waals surface area contributed by atoms with E-state index in [0.717, 1.165) is 11.8 Å². The second-order valence-electron chi connectivity index (χ2n) is 2.69. The summed E-state index contributed by atoms with van der Waals surface area (Å²) < 4.78 is 4.46. The molecule has 0 amide bonds. The van der Waals surface area contributed by atoms with Crippen LogP contribution in [0.5, 0.6) is 0 Å². The molecule has 1 heterocycles. The summed E-state index contributed by atoms with van der Waals surface area (Å²) in [6, 6.07) is 1.70. The number of hydrogen-bond donors (Lipinski definition) is 1. The van der Waals surface area contributed by atoms with Gasteiger partial charge in [0.1, 0.15) is 0 Å². The van der Waals surface area contributed by atoms with Crippen molar-refractivity contribution in [2.45, 2.75) is 6.42 Å². The van der Waals surface area contributed by atoms with E-state index in [1.165, 1.54) is 7.11 Å². The number of ether oxygens (including phenoxy) is 1. The average Bonchev–Trinajstić information content (AvgIpc) is 2.65. The second kappa shape index (κ2) is 5.01. The van der Waals surface area contributed by atoms with Crippen molar-refractivity contribution < 1.29 is 14.3 Å². The van der Waals surface area contributed by atoms with Gasteiger partial charge in [-0.3, -0.25) is 9.59 Å². The third-order valence-electron chi connectivity index (χ3n) is 1.68. The van der Waals surface area contributed by atoms with Gasteiger partial charge in [0.15, 0.2) is 6.29 Å². The lowest BCUT2D eigenvalue weighted by Crippen LogP contribution is -1.96. The van der Waals surface area contributed by atoms with Crippen LogP contribution in [-0.4, -0.2) is 24.3 Å². The fourth-order valence-corrected chi connectivity index (χ4v) is 0.968. The number of rotatable bonds is 4. The van der Waals surface area contributed by atoms with Crippen LogP contribution in [0.15, 0.2) is 18.3 Å². The minimum Gasteiger partial charge on any atom is -0.469 e. The molecule has 74 valence electrons. The van der Waals surface area contributed by atoms with Gasteiger partial charge in [0.05, 0.1) is 19.2 Å². The van der Waals surface area contributed by atoms with Gasteiger partial charge in [-0.05, 0) is 11.6 Å². The molecule has 0 aliphatic heterocycles. The maximum absolute atomic E-state index is 10.7. The van der Waals surface area contributed by atoms with Crippen LogP contribution in [0.2, 0.25) is 0 Å². The molecule has 1 rings (SSSR count). The van der Waals surface area contributed by atoms with Gasteiger partial charge in [-0.15, -0.1) is 0 Å². The minimum atomic E-state index is -0.285. The Bertz CT molecular complexity index is 352. The van der Waals surface area contributed by atoms with Gasteiger partial charge in [0, 0.05) is 6.20 Å². The lowest BCUT2D eigenvalue weighted by atomic mass is 10.2. The Morgan fingerprint density at radius 2 is 2.43 bits per heavy atom. The van der Waals surface area contributed by atoms with Crippen molar-refractivity contribution in [3.05, 3.63) is 29.6 Å². The smallest absolute Gasteiger partial charge is 0.309 e. The molecule has 0 aliphatic carbocycles. The molecule has 1 aromatic rings. The van der Waals surface area contributed by atoms with Crippen molar-refractivity contribution in [3.63, 3.8) is 0 Å². The molecule has 4 nitrogen and oxygen atoms in total. The summed E-state index contributed by atoms with van der Waals surface area (Å²) in [4.78, 5) is 23.8. The molecule has 0 saturated heterocycles. The van der Waals surface area contributed by atoms with Gasteiger partial charge in [-0.2, -0.15) is 0 Å². The third-order valence-corrected chi connectivity index (χ3v) is 1.68. The van der Waals surface area contributed by atoms with Gasteiger partial charge < -0.3 is 9.72 Å². The Balaban J connectivity index is 2.51. The molecular formula is C10H11NO3. The number of methoxy groups -OCH3 is 1. The average molecular weight is 193 g/mol. The van der Waals surface area contributed by atoms with Crippen LogP contribution in [0, 0.1) is 0 Å². The number of hydrogen-bond acceptors (Lipinski definition) is 3. The molecule has 0 radical (unpaired) electrons. The largest absolute Gasteiger partial charge is 0.469 e. The molecule has 0 bridgehead atoms. The minimum absolute atomic E-state index is 0.234. The van der Waals surface area contributed by atoms with E-state index in [2.05, 4.69) is 9.72 Å². The highest BCUT2D eigenvalue weighted by Crippen LogP contribution is 2.04. The molecule has 0 unspecified atom stereocenters. The molecule has 1 aromatic heterocycles. The maximum atomic E-state index is 10.7. The normalized spacial score (nSPS) is 10.4. The van der Waals surface area contributed by atoms with Crippen molar-refractivity contribution in [2.75, 3.05) is 7.11 Å². The maximum Gasteiger partial charge on any atom is 0.309 e. The van der Waals surface area contributed by atoms with Crippen molar-refractivity contribution in [2.24, 2.45) is 0 Å². The van der Waals surface area contributed by atoms with Gasteiger partial charge in [-0.1, -0.05) is 12.2 Å². The zero-order chi connectivity index (χ0) is 10.4. The number of carbonyl (C=O) groups is 2. The number of nitrogens with one attached hydrogen (secondary N) is 1. The first-order valence-corrected chi connectivity index (χ1v) is 4.13. The number of carbonyl (C=O) groups excluding carboxylic acids is 2. The van der Waals surface area contributed by atoms with Crippen LogP contribution >= 0.6 is 0 Å². The molecule has 0 saturated carbocycles. The second-order valence-corrected chi connectivity index (χ2v) is 2.69. The van der Waals surface area contributed by atoms with Crippen LogP contribution in [0.3, 0.4) is 0 Å². The SMILES string of the molecule is COC(=O)CC=Cc1c[nH]c(C=O)c1. The topological polar surface area (TPSA) is 59.2 Å². The lowest BCUT2D eigenvalue weighted by Gasteiger charge is -1.90. The Hall–Kier alpha value is -1.84. The third kappa shape index (κ3) is 2.90. The number of aromatic amines is 1. The Labute approximate surface area is 81.6 Å². The summed E-state index contributed by atoms with van der Waals surface area (Å²) in [5.74, 6) is -0.285. The number of aromatic nitrogens is 1. The molecular weight excluding hydrogens is 182 g/mol. The van der Waals surface area contributed by atoms with E-state index >= 15 is 0 Å². The van der Waals surface area contributed by atoms with Crippen LogP contribution in [0.25, 0.3) is 6.08 Å². The molecule has 0 atom stereocenters. The van der Waals surface area contributed by atoms with Crippen LogP contribution in [0.4, 0.5) is 0 Å². The van der Waals surface area contributed by atoms with Gasteiger partial charge in [0.25, 0.3) is 0 Å². The van der Waals surface area contributed by atoms with E-state index in [-0.39, 0.29) is 12.4 Å². The van der Waals surface area contributed by atoms with Crippen molar-refractivity contribution >= 4 is 18.3 Å². The first-order chi connectivity index (χ1) is 6.76. The predicted octanol–water partition coefficient (Wildman–Crippen LogP) is 1.40. The molecule has 1 N–H and O–H groups in total. The number of H-pyrrole nitrogens is 1. The molecule has 4 heteroatoms. The Morgan fingerprint density at radius 3 is 3.00 bits per heavy atom. The van der Waals surface area contributed by atoms with E-state index in [1.54, 1.807) is 24.4 Å². The summed E-state index contributed by atoms with van der Waals surface area (Å²) in [6.45, 7) is 0. The van der Waals surface area contributed by atoms with Crippen molar-refractivity contribution in [1.29, 1.82) is 0 Å². The predicted molar refractivity (Wildman–Crippen MR) is 51.8 cm³/mol. The van der Waals surface area contributed by atoms with E-state index in [1.807, 2.05) is 0 Å². The van der Waals surface area contributed by atoms with E-state index in [9.17, 15) is 9.59 Å². The highest BCUT2D eigenvalue weighted by molar-refractivity contribution is 5.75. The molecule has 0 aliphatic rings. The summed E-state index contributed by atoms with van der Waals surface area (Å²) >= 11 is 0. The highest BCUT2D eigenvalue weighted by Gasteiger charge is 1.96. The first-order valence-electron chi connectivity index (χ1n) is 4.13. The number of aldehydes is 1. The highest BCUT2D eigenvalue weighted by atomic mass is 16.5. The van der Waals surface area contributed by atoms with Crippen LogP contribution in [-0.2, 0) is 9.53 Å². The van der Waals surface area contributed by atoms with Gasteiger partial charge >= 0.3 is 5.97 Å². The van der Waals surface area contributed by atoms with Crippen LogP contribution in [0.1, 0.15) is 22.5 Å². The van der Waals surface area contributed by atoms with Crippen molar-refractivity contribution in [3.8, 4) is 0 Å². The fourth-order valence-electron chi connectivity index (χ4n) is 0.968. The lowest BCUT2D eigenvalue weighted by molar-refractivity contribution is -0.139. The first kappa shape index (κ1) is 10.2. The Morgan fingerprint density at radius 1 is 1.64 bits per heavy atom. The summed E-state index contributed by atoms with van der Waals surface area (Å²) in [5.41, 5.74) is 1.37. The standard InChI is InChI=1S/C10H11NO3/c1-14-10(13)4-2-3-8-5-9(7-12)11-6-8/h2-3,5-7,11H,4H2,1H3. The van der Waals surface area contributed by atoms with E-state index in [4.69, 9.17) is 0 Å². The zero-order valence-electron chi connectivity index (χ0n) is 7.82. The van der Waals surface area contributed by atoms with E-state index < -0.39 is 0 Å². The summed E-state index contributed by atoms with van der Waals surface area (Å²) in [7, 11) is 1.34. The summed E-state index contributed by atoms with van der Waals surface area (Å²) in [5, 5.41) is 0. The molecule has 14 heavy (non-hydrogen) atoms. The monoisotopic (exact) mass is 193 g/mol. The Kier molecular flexibility index (Phi) is 3.67. The molecule has 0 aromatic carbocycles. The van der Waals surface area contributed by atoms with E-state index in [0.29, 0.717) is 5.69 Å². The fraction of sp³-hybridized carbons (Fsp3) is 0.200. The zero-order valence-corrected chi connectivity index (χ0v) is 7.82. The quantitative estimate of drug-likeness (QED) is 0.580. The van der Waals surface area contributed by atoms with Gasteiger partial charge in [-0.25, -0.2) is 0 Å². The summed E-state index contributed by atoms with van der Waals surface area (Å²) in [6.07, 6.45) is 6.09. The number of esters is 1.